The Morgan fingerprint density at radius 1 is 1.22 bits per heavy atom. The van der Waals surface area contributed by atoms with Gasteiger partial charge in [0, 0.05) is 19.1 Å². The van der Waals surface area contributed by atoms with Crippen LogP contribution in [-0.4, -0.2) is 19.1 Å². The standard InChI is InChI=1S/C16H26N2/c1-4-13-5-7-14(8-6-13)11-18-15-9-10-17-12-16(15,2)3/h5-8,15,17-18H,4,9-12H2,1-3H3. The minimum absolute atomic E-state index is 0.349. The van der Waals surface area contributed by atoms with E-state index in [1.807, 2.05) is 0 Å². The summed E-state index contributed by atoms with van der Waals surface area (Å²) in [6.07, 6.45) is 2.34. The minimum atomic E-state index is 0.349. The van der Waals surface area contributed by atoms with Gasteiger partial charge in [0.1, 0.15) is 0 Å². The Labute approximate surface area is 111 Å². The van der Waals surface area contributed by atoms with E-state index in [1.165, 1.54) is 17.5 Å². The molecular formula is C16H26N2. The van der Waals surface area contributed by atoms with Gasteiger partial charge in [0.25, 0.3) is 0 Å². The summed E-state index contributed by atoms with van der Waals surface area (Å²) in [4.78, 5) is 0. The van der Waals surface area contributed by atoms with E-state index in [-0.39, 0.29) is 0 Å². The van der Waals surface area contributed by atoms with Gasteiger partial charge in [-0.1, -0.05) is 45.0 Å². The van der Waals surface area contributed by atoms with Crippen LogP contribution in [0.15, 0.2) is 24.3 Å². The van der Waals surface area contributed by atoms with Crippen molar-refractivity contribution in [1.82, 2.24) is 10.6 Å². The highest BCUT2D eigenvalue weighted by Crippen LogP contribution is 2.25. The van der Waals surface area contributed by atoms with Crippen molar-refractivity contribution in [2.45, 2.75) is 46.2 Å². The molecule has 2 heteroatoms. The molecule has 1 aliphatic heterocycles. The van der Waals surface area contributed by atoms with Crippen LogP contribution in [0.1, 0.15) is 38.3 Å². The van der Waals surface area contributed by atoms with Gasteiger partial charge in [-0.25, -0.2) is 0 Å². The van der Waals surface area contributed by atoms with Crippen molar-refractivity contribution < 1.29 is 0 Å². The van der Waals surface area contributed by atoms with E-state index < -0.39 is 0 Å². The van der Waals surface area contributed by atoms with Gasteiger partial charge in [0.15, 0.2) is 0 Å². The van der Waals surface area contributed by atoms with Crippen LogP contribution in [0, 0.1) is 5.41 Å². The van der Waals surface area contributed by atoms with Gasteiger partial charge in [-0.05, 0) is 35.9 Å². The lowest BCUT2D eigenvalue weighted by Crippen LogP contribution is -2.52. The van der Waals surface area contributed by atoms with Gasteiger partial charge in [0.05, 0.1) is 0 Å². The zero-order chi connectivity index (χ0) is 13.0. The molecule has 18 heavy (non-hydrogen) atoms. The predicted octanol–water partition coefficient (Wildman–Crippen LogP) is 2.73. The number of hydrogen-bond donors (Lipinski definition) is 2. The van der Waals surface area contributed by atoms with E-state index in [2.05, 4.69) is 55.7 Å². The van der Waals surface area contributed by atoms with Crippen LogP contribution in [0.4, 0.5) is 0 Å². The molecule has 0 bridgehead atoms. The highest BCUT2D eigenvalue weighted by atomic mass is 15.0. The maximum atomic E-state index is 3.73. The fourth-order valence-electron chi connectivity index (χ4n) is 2.68. The first-order valence-corrected chi connectivity index (χ1v) is 7.14. The lowest BCUT2D eigenvalue weighted by atomic mass is 9.80. The predicted molar refractivity (Wildman–Crippen MR) is 77.7 cm³/mol. The summed E-state index contributed by atoms with van der Waals surface area (Å²) in [7, 11) is 0. The highest BCUT2D eigenvalue weighted by molar-refractivity contribution is 5.22. The van der Waals surface area contributed by atoms with E-state index in [9.17, 15) is 0 Å². The molecule has 1 aromatic rings. The monoisotopic (exact) mass is 246 g/mol. The van der Waals surface area contributed by atoms with Crippen LogP contribution in [0.5, 0.6) is 0 Å². The third kappa shape index (κ3) is 3.33. The van der Waals surface area contributed by atoms with Gasteiger partial charge in [-0.2, -0.15) is 0 Å². The van der Waals surface area contributed by atoms with E-state index in [0.717, 1.165) is 26.1 Å². The van der Waals surface area contributed by atoms with Crippen molar-refractivity contribution in [1.29, 1.82) is 0 Å². The van der Waals surface area contributed by atoms with Crippen molar-refractivity contribution >= 4 is 0 Å². The zero-order valence-corrected chi connectivity index (χ0v) is 11.9. The van der Waals surface area contributed by atoms with Crippen molar-refractivity contribution in [3.8, 4) is 0 Å². The molecule has 0 spiro atoms. The van der Waals surface area contributed by atoms with E-state index >= 15 is 0 Å². The molecule has 1 unspecified atom stereocenters. The number of nitrogens with one attached hydrogen (secondary N) is 2. The van der Waals surface area contributed by atoms with Crippen LogP contribution < -0.4 is 10.6 Å². The normalized spacial score (nSPS) is 22.9. The van der Waals surface area contributed by atoms with Crippen molar-refractivity contribution in [2.24, 2.45) is 5.41 Å². The van der Waals surface area contributed by atoms with Crippen LogP contribution in [-0.2, 0) is 13.0 Å². The fraction of sp³-hybridized carbons (Fsp3) is 0.625. The molecule has 1 saturated heterocycles. The number of rotatable bonds is 4. The molecule has 1 heterocycles. The molecule has 1 atom stereocenters. The summed E-state index contributed by atoms with van der Waals surface area (Å²) in [5.41, 5.74) is 3.16. The Morgan fingerprint density at radius 2 is 1.89 bits per heavy atom. The summed E-state index contributed by atoms with van der Waals surface area (Å²) in [6, 6.07) is 9.60. The number of hydrogen-bond acceptors (Lipinski definition) is 2. The average molecular weight is 246 g/mol. The molecule has 2 rings (SSSR count). The third-order valence-corrected chi connectivity index (χ3v) is 4.12. The van der Waals surface area contributed by atoms with E-state index in [0.29, 0.717) is 11.5 Å². The lowest BCUT2D eigenvalue weighted by Gasteiger charge is -2.39. The van der Waals surface area contributed by atoms with Crippen molar-refractivity contribution in [3.63, 3.8) is 0 Å². The molecule has 0 aromatic heterocycles. The maximum Gasteiger partial charge on any atom is 0.0208 e. The van der Waals surface area contributed by atoms with E-state index in [1.54, 1.807) is 0 Å². The number of piperidine rings is 1. The first-order valence-electron chi connectivity index (χ1n) is 7.14. The van der Waals surface area contributed by atoms with Crippen LogP contribution in [0.2, 0.25) is 0 Å². The Balaban J connectivity index is 1.90. The summed E-state index contributed by atoms with van der Waals surface area (Å²) in [6.45, 7) is 10.1. The quantitative estimate of drug-likeness (QED) is 0.853. The second kappa shape index (κ2) is 5.85. The Bertz CT molecular complexity index is 367. The second-order valence-electron chi connectivity index (χ2n) is 6.06. The summed E-state index contributed by atoms with van der Waals surface area (Å²) < 4.78 is 0. The largest absolute Gasteiger partial charge is 0.316 e. The smallest absolute Gasteiger partial charge is 0.0208 e. The molecular weight excluding hydrogens is 220 g/mol. The number of benzene rings is 1. The highest BCUT2D eigenvalue weighted by Gasteiger charge is 2.31. The maximum absolute atomic E-state index is 3.73. The van der Waals surface area contributed by atoms with Crippen LogP contribution in [0.25, 0.3) is 0 Å². The van der Waals surface area contributed by atoms with Crippen LogP contribution >= 0.6 is 0 Å². The van der Waals surface area contributed by atoms with Gasteiger partial charge in [-0.3, -0.25) is 0 Å². The topological polar surface area (TPSA) is 24.1 Å². The number of aryl methyl sites for hydroxylation is 1. The third-order valence-electron chi connectivity index (χ3n) is 4.12. The Morgan fingerprint density at radius 3 is 2.50 bits per heavy atom. The molecule has 0 saturated carbocycles. The molecule has 0 radical (unpaired) electrons. The first-order chi connectivity index (χ1) is 8.62. The van der Waals surface area contributed by atoms with Gasteiger partial charge >= 0.3 is 0 Å². The fourth-order valence-corrected chi connectivity index (χ4v) is 2.68. The first kappa shape index (κ1) is 13.6. The van der Waals surface area contributed by atoms with Crippen molar-refractivity contribution in [3.05, 3.63) is 35.4 Å². The molecule has 1 fully saturated rings. The van der Waals surface area contributed by atoms with Gasteiger partial charge in [-0.15, -0.1) is 0 Å². The molecule has 2 N–H and O–H groups in total. The Hall–Kier alpha value is -0.860. The van der Waals surface area contributed by atoms with Gasteiger partial charge in [0.2, 0.25) is 0 Å². The van der Waals surface area contributed by atoms with E-state index in [4.69, 9.17) is 0 Å². The minimum Gasteiger partial charge on any atom is -0.316 e. The lowest BCUT2D eigenvalue weighted by molar-refractivity contribution is 0.184. The average Bonchev–Trinajstić information content (AvgIpc) is 2.38. The summed E-state index contributed by atoms with van der Waals surface area (Å²) in [5, 5.41) is 7.20. The summed E-state index contributed by atoms with van der Waals surface area (Å²) in [5.74, 6) is 0. The SMILES string of the molecule is CCc1ccc(CNC2CCNCC2(C)C)cc1. The molecule has 2 nitrogen and oxygen atoms in total. The van der Waals surface area contributed by atoms with Crippen molar-refractivity contribution in [2.75, 3.05) is 13.1 Å². The Kier molecular flexibility index (Phi) is 4.41. The molecule has 0 aliphatic carbocycles. The zero-order valence-electron chi connectivity index (χ0n) is 11.9. The molecule has 0 amide bonds. The molecule has 1 aliphatic rings. The van der Waals surface area contributed by atoms with Crippen LogP contribution in [0.3, 0.4) is 0 Å². The second-order valence-corrected chi connectivity index (χ2v) is 6.06. The molecule has 1 aromatic carbocycles. The summed E-state index contributed by atoms with van der Waals surface area (Å²) >= 11 is 0. The van der Waals surface area contributed by atoms with Gasteiger partial charge < -0.3 is 10.6 Å². The molecule has 100 valence electrons.